The summed E-state index contributed by atoms with van der Waals surface area (Å²) in [5.41, 5.74) is 0. The molecule has 2 heterocycles. The van der Waals surface area contributed by atoms with Crippen LogP contribution in [-0.2, 0) is 13.1 Å². The first kappa shape index (κ1) is 15.4. The third-order valence-corrected chi connectivity index (χ3v) is 4.39. The molecule has 0 radical (unpaired) electrons. The Labute approximate surface area is 122 Å². The molecule has 1 unspecified atom stereocenters. The molecule has 1 atom stereocenters. The maximum atomic E-state index is 4.43. The fourth-order valence-electron chi connectivity index (χ4n) is 2.96. The Morgan fingerprint density at radius 1 is 1.30 bits per heavy atom. The van der Waals surface area contributed by atoms with Gasteiger partial charge in [0.2, 0.25) is 0 Å². The van der Waals surface area contributed by atoms with Gasteiger partial charge in [-0.2, -0.15) is 5.10 Å². The summed E-state index contributed by atoms with van der Waals surface area (Å²) in [6.45, 7) is 11.0. The molecule has 1 N–H and O–H groups in total. The van der Waals surface area contributed by atoms with Gasteiger partial charge in [-0.3, -0.25) is 4.90 Å². The van der Waals surface area contributed by atoms with Gasteiger partial charge < -0.3 is 5.32 Å². The number of nitrogens with one attached hydrogen (secondary N) is 1. The largest absolute Gasteiger partial charge is 0.317 e. The summed E-state index contributed by atoms with van der Waals surface area (Å²) in [5, 5.41) is 7.73. The Kier molecular flexibility index (Phi) is 5.54. The lowest BCUT2D eigenvalue weighted by atomic mass is 9.90. The summed E-state index contributed by atoms with van der Waals surface area (Å²) in [7, 11) is 2.06. The van der Waals surface area contributed by atoms with Gasteiger partial charge >= 0.3 is 0 Å². The van der Waals surface area contributed by atoms with Crippen molar-refractivity contribution in [2.75, 3.05) is 20.1 Å². The van der Waals surface area contributed by atoms with Crippen LogP contribution in [0.15, 0.2) is 6.33 Å². The molecule has 5 nitrogen and oxygen atoms in total. The fraction of sp³-hybridized carbons (Fsp3) is 0.867. The first-order valence-corrected chi connectivity index (χ1v) is 7.86. The van der Waals surface area contributed by atoms with Crippen LogP contribution in [-0.4, -0.2) is 45.8 Å². The molecule has 114 valence electrons. The van der Waals surface area contributed by atoms with Gasteiger partial charge in [-0.25, -0.2) is 9.67 Å². The minimum absolute atomic E-state index is 0.609. The predicted octanol–water partition coefficient (Wildman–Crippen LogP) is 1.75. The molecular weight excluding hydrogens is 250 g/mol. The normalized spacial score (nSPS) is 19.6. The van der Waals surface area contributed by atoms with E-state index in [0.29, 0.717) is 12.0 Å². The third kappa shape index (κ3) is 4.03. The molecule has 1 aromatic rings. The highest BCUT2D eigenvalue weighted by Crippen LogP contribution is 2.21. The van der Waals surface area contributed by atoms with Gasteiger partial charge in [0.15, 0.2) is 0 Å². The van der Waals surface area contributed by atoms with Crippen LogP contribution in [0.5, 0.6) is 0 Å². The zero-order valence-corrected chi connectivity index (χ0v) is 13.3. The van der Waals surface area contributed by atoms with E-state index in [0.717, 1.165) is 24.8 Å². The molecule has 5 heteroatoms. The average Bonchev–Trinajstić information content (AvgIpc) is 2.85. The second-order valence-corrected chi connectivity index (χ2v) is 6.44. The van der Waals surface area contributed by atoms with Gasteiger partial charge in [-0.05, 0) is 51.7 Å². The van der Waals surface area contributed by atoms with Crippen molar-refractivity contribution in [2.24, 2.45) is 11.8 Å². The van der Waals surface area contributed by atoms with Crippen LogP contribution in [0, 0.1) is 11.8 Å². The topological polar surface area (TPSA) is 46.0 Å². The van der Waals surface area contributed by atoms with Crippen molar-refractivity contribution in [3.05, 3.63) is 12.2 Å². The molecule has 0 spiro atoms. The van der Waals surface area contributed by atoms with E-state index in [-0.39, 0.29) is 0 Å². The minimum atomic E-state index is 0.609. The van der Waals surface area contributed by atoms with Crippen LogP contribution in [0.4, 0.5) is 0 Å². The number of likely N-dealkylation sites (tertiary alicyclic amines) is 1. The third-order valence-electron chi connectivity index (χ3n) is 4.39. The van der Waals surface area contributed by atoms with Crippen molar-refractivity contribution in [3.8, 4) is 0 Å². The lowest BCUT2D eigenvalue weighted by molar-refractivity contribution is 0.153. The van der Waals surface area contributed by atoms with E-state index in [9.17, 15) is 0 Å². The Bertz CT molecular complexity index is 393. The lowest BCUT2D eigenvalue weighted by Crippen LogP contribution is -2.40. The number of aromatic nitrogens is 3. The van der Waals surface area contributed by atoms with E-state index < -0.39 is 0 Å². The molecule has 0 amide bonds. The Morgan fingerprint density at radius 2 is 2.00 bits per heavy atom. The zero-order valence-electron chi connectivity index (χ0n) is 13.3. The van der Waals surface area contributed by atoms with E-state index in [1.54, 1.807) is 6.33 Å². The van der Waals surface area contributed by atoms with Gasteiger partial charge in [0, 0.05) is 12.6 Å². The molecule has 0 saturated carbocycles. The second-order valence-electron chi connectivity index (χ2n) is 6.44. The summed E-state index contributed by atoms with van der Waals surface area (Å²) in [4.78, 5) is 6.95. The summed E-state index contributed by atoms with van der Waals surface area (Å²) < 4.78 is 2.06. The van der Waals surface area contributed by atoms with E-state index in [1.807, 2.05) is 0 Å². The molecule has 0 aromatic carbocycles. The number of hydrogen-bond acceptors (Lipinski definition) is 4. The van der Waals surface area contributed by atoms with Gasteiger partial charge in [0.05, 0.1) is 6.54 Å². The molecule has 2 rings (SSSR count). The van der Waals surface area contributed by atoms with Gasteiger partial charge in [-0.15, -0.1) is 0 Å². The standard InChI is InChI=1S/C15H29N5/c1-12(2)9-20-15(17-11-18-20)10-19-7-5-14(6-8-19)13(3)16-4/h11-14,16H,5-10H2,1-4H3. The van der Waals surface area contributed by atoms with E-state index >= 15 is 0 Å². The fourth-order valence-corrected chi connectivity index (χ4v) is 2.96. The van der Waals surface area contributed by atoms with Crippen LogP contribution < -0.4 is 5.32 Å². The number of hydrogen-bond donors (Lipinski definition) is 1. The molecule has 1 aliphatic rings. The van der Waals surface area contributed by atoms with Crippen molar-refractivity contribution in [1.29, 1.82) is 0 Å². The van der Waals surface area contributed by atoms with Gasteiger partial charge in [0.25, 0.3) is 0 Å². The maximum Gasteiger partial charge on any atom is 0.141 e. The highest BCUT2D eigenvalue weighted by Gasteiger charge is 2.23. The van der Waals surface area contributed by atoms with Crippen LogP contribution >= 0.6 is 0 Å². The second kappa shape index (κ2) is 7.18. The van der Waals surface area contributed by atoms with Crippen molar-refractivity contribution in [1.82, 2.24) is 25.0 Å². The monoisotopic (exact) mass is 279 g/mol. The highest BCUT2D eigenvalue weighted by atomic mass is 15.3. The summed E-state index contributed by atoms with van der Waals surface area (Å²) in [6.07, 6.45) is 4.24. The molecule has 1 aromatic heterocycles. The van der Waals surface area contributed by atoms with Crippen LogP contribution in [0.3, 0.4) is 0 Å². The first-order valence-electron chi connectivity index (χ1n) is 7.86. The summed E-state index contributed by atoms with van der Waals surface area (Å²) in [5.74, 6) is 2.53. The van der Waals surface area contributed by atoms with Crippen molar-refractivity contribution < 1.29 is 0 Å². The van der Waals surface area contributed by atoms with E-state index in [1.165, 1.54) is 25.9 Å². The zero-order chi connectivity index (χ0) is 14.5. The number of nitrogens with zero attached hydrogens (tertiary/aromatic N) is 4. The smallest absolute Gasteiger partial charge is 0.141 e. The Hall–Kier alpha value is -0.940. The quantitative estimate of drug-likeness (QED) is 0.862. The van der Waals surface area contributed by atoms with Gasteiger partial charge in [0.1, 0.15) is 12.2 Å². The van der Waals surface area contributed by atoms with E-state index in [2.05, 4.69) is 52.8 Å². The molecule has 1 fully saturated rings. The van der Waals surface area contributed by atoms with Crippen molar-refractivity contribution in [2.45, 2.75) is 52.7 Å². The SMILES string of the molecule is CNC(C)C1CCN(Cc2ncnn2CC(C)C)CC1. The predicted molar refractivity (Wildman–Crippen MR) is 81.4 cm³/mol. The van der Waals surface area contributed by atoms with Crippen molar-refractivity contribution >= 4 is 0 Å². The first-order chi connectivity index (χ1) is 9.60. The average molecular weight is 279 g/mol. The molecule has 1 aliphatic heterocycles. The maximum absolute atomic E-state index is 4.43. The van der Waals surface area contributed by atoms with Crippen LogP contribution in [0.2, 0.25) is 0 Å². The van der Waals surface area contributed by atoms with Crippen LogP contribution in [0.1, 0.15) is 39.4 Å². The molecule has 0 aliphatic carbocycles. The summed E-state index contributed by atoms with van der Waals surface area (Å²) in [6, 6.07) is 0.627. The Balaban J connectivity index is 1.85. The van der Waals surface area contributed by atoms with Gasteiger partial charge in [-0.1, -0.05) is 13.8 Å². The van der Waals surface area contributed by atoms with Crippen LogP contribution in [0.25, 0.3) is 0 Å². The minimum Gasteiger partial charge on any atom is -0.317 e. The number of rotatable bonds is 6. The Morgan fingerprint density at radius 3 is 2.60 bits per heavy atom. The van der Waals surface area contributed by atoms with Crippen molar-refractivity contribution in [3.63, 3.8) is 0 Å². The summed E-state index contributed by atoms with van der Waals surface area (Å²) >= 11 is 0. The molecular formula is C15H29N5. The number of piperidine rings is 1. The molecule has 0 bridgehead atoms. The molecule has 20 heavy (non-hydrogen) atoms. The molecule has 1 saturated heterocycles. The lowest BCUT2D eigenvalue weighted by Gasteiger charge is -2.34. The van der Waals surface area contributed by atoms with E-state index in [4.69, 9.17) is 0 Å². The highest BCUT2D eigenvalue weighted by molar-refractivity contribution is 4.87.